The third kappa shape index (κ3) is 3.12. The molecule has 0 atom stereocenters. The van der Waals surface area contributed by atoms with Gasteiger partial charge in [0.2, 0.25) is 10.0 Å². The van der Waals surface area contributed by atoms with Crippen LogP contribution in [0.2, 0.25) is 0 Å². The zero-order valence-electron chi connectivity index (χ0n) is 7.43. The molecule has 1 aromatic carbocycles. The third-order valence-electron chi connectivity index (χ3n) is 1.54. The van der Waals surface area contributed by atoms with Crippen LogP contribution >= 0.6 is 0 Å². The molecular formula is C7H8BNO3SW. The maximum absolute atomic E-state index is 11.2. The summed E-state index contributed by atoms with van der Waals surface area (Å²) in [4.78, 5) is 0.177. The summed E-state index contributed by atoms with van der Waals surface area (Å²) in [5.41, 5.74) is 0. The van der Waals surface area contributed by atoms with Crippen LogP contribution in [0.1, 0.15) is 0 Å². The molecule has 1 N–H and O–H groups in total. The Balaban J connectivity index is 0.00000169. The van der Waals surface area contributed by atoms with Crippen LogP contribution in [0.4, 0.5) is 0 Å². The maximum Gasteiger partial charge on any atom is 0.374 e. The molecule has 0 aromatic heterocycles. The summed E-state index contributed by atoms with van der Waals surface area (Å²) >= 11 is 0. The molecule has 0 saturated carbocycles. The van der Waals surface area contributed by atoms with E-state index in [1.165, 1.54) is 31.3 Å². The molecule has 0 saturated heterocycles. The van der Waals surface area contributed by atoms with Gasteiger partial charge in [0.25, 0.3) is 0 Å². The zero-order valence-corrected chi connectivity index (χ0v) is 11.2. The van der Waals surface area contributed by atoms with E-state index in [9.17, 15) is 8.42 Å². The van der Waals surface area contributed by atoms with E-state index in [2.05, 4.69) is 9.38 Å². The van der Waals surface area contributed by atoms with Crippen LogP contribution < -0.4 is 9.38 Å². The van der Waals surface area contributed by atoms with Crippen molar-refractivity contribution >= 4 is 18.1 Å². The van der Waals surface area contributed by atoms with Crippen LogP contribution in [0.5, 0.6) is 5.75 Å². The molecule has 0 spiro atoms. The molecular weight excluding hydrogens is 373 g/mol. The van der Waals surface area contributed by atoms with Gasteiger partial charge in [0.05, 0.1) is 10.6 Å². The monoisotopic (exact) mass is 381 g/mol. The molecule has 0 amide bonds. The molecule has 7 heteroatoms. The third-order valence-corrected chi connectivity index (χ3v) is 2.97. The first-order valence-corrected chi connectivity index (χ1v) is 4.99. The second kappa shape index (κ2) is 5.54. The van der Waals surface area contributed by atoms with Crippen molar-refractivity contribution in [1.29, 1.82) is 0 Å². The Morgan fingerprint density at radius 1 is 1.29 bits per heavy atom. The van der Waals surface area contributed by atoms with Crippen LogP contribution in [0.25, 0.3) is 0 Å². The number of hydrogen-bond acceptors (Lipinski definition) is 3. The molecule has 2 radical (unpaired) electrons. The van der Waals surface area contributed by atoms with E-state index in [1.54, 1.807) is 0 Å². The largest absolute Gasteiger partial charge is 0.568 e. The molecule has 0 fully saturated rings. The molecule has 74 valence electrons. The minimum atomic E-state index is -3.37. The Bertz CT molecular complexity index is 378. The van der Waals surface area contributed by atoms with Crippen molar-refractivity contribution in [3.05, 3.63) is 24.3 Å². The Hall–Kier alpha value is -0.317. The fourth-order valence-corrected chi connectivity index (χ4v) is 1.55. The average Bonchev–Trinajstić information content (AvgIpc) is 2.18. The second-order valence-electron chi connectivity index (χ2n) is 2.30. The van der Waals surface area contributed by atoms with Gasteiger partial charge in [0, 0.05) is 21.1 Å². The van der Waals surface area contributed by atoms with Crippen LogP contribution in [-0.4, -0.2) is 23.5 Å². The number of benzene rings is 1. The average molecular weight is 381 g/mol. The first-order valence-electron chi connectivity index (χ1n) is 3.50. The van der Waals surface area contributed by atoms with Gasteiger partial charge in [0.1, 0.15) is 0 Å². The predicted octanol–water partition coefficient (Wildman–Crippen LogP) is 0.0545. The molecule has 0 unspecified atom stereocenters. The first-order chi connectivity index (χ1) is 6.10. The van der Waals surface area contributed by atoms with Crippen molar-refractivity contribution in [1.82, 2.24) is 4.72 Å². The summed E-state index contributed by atoms with van der Waals surface area (Å²) in [7, 11) is 2.86. The Morgan fingerprint density at radius 3 is 2.14 bits per heavy atom. The molecule has 1 aromatic rings. The van der Waals surface area contributed by atoms with Crippen LogP contribution in [0.15, 0.2) is 29.2 Å². The minimum Gasteiger partial charge on any atom is -0.568 e. The molecule has 0 aliphatic rings. The SMILES string of the molecule is [B]Oc1ccc(S(=O)(=O)NC)cc1.[W]. The Kier molecular flexibility index (Phi) is 5.41. The van der Waals surface area contributed by atoms with Crippen LogP contribution in [0.3, 0.4) is 0 Å². The van der Waals surface area contributed by atoms with Crippen LogP contribution in [-0.2, 0) is 31.1 Å². The van der Waals surface area contributed by atoms with Gasteiger partial charge in [-0.15, -0.1) is 0 Å². The number of hydrogen-bond donors (Lipinski definition) is 1. The zero-order chi connectivity index (χ0) is 9.90. The topological polar surface area (TPSA) is 55.4 Å². The number of nitrogens with one attached hydrogen (secondary N) is 1. The minimum absolute atomic E-state index is 0. The van der Waals surface area contributed by atoms with Crippen molar-refractivity contribution in [2.45, 2.75) is 4.90 Å². The van der Waals surface area contributed by atoms with E-state index in [1.807, 2.05) is 0 Å². The normalized spacial score (nSPS) is 10.4. The summed E-state index contributed by atoms with van der Waals surface area (Å²) in [5, 5.41) is 0. The van der Waals surface area contributed by atoms with E-state index in [0.717, 1.165) is 0 Å². The molecule has 14 heavy (non-hydrogen) atoms. The van der Waals surface area contributed by atoms with Crippen molar-refractivity contribution in [2.24, 2.45) is 0 Å². The maximum atomic E-state index is 11.2. The van der Waals surface area contributed by atoms with Gasteiger partial charge in [-0.25, -0.2) is 13.1 Å². The van der Waals surface area contributed by atoms with E-state index < -0.39 is 10.0 Å². The predicted molar refractivity (Wildman–Crippen MR) is 49.1 cm³/mol. The van der Waals surface area contributed by atoms with Crippen molar-refractivity contribution in [3.63, 3.8) is 0 Å². The Morgan fingerprint density at radius 2 is 1.79 bits per heavy atom. The smallest absolute Gasteiger partial charge is 0.374 e. The molecule has 0 heterocycles. The standard InChI is InChI=1S/C7H8BNO3S.W/c1-9-13(10,11)7-4-2-6(12-8)3-5-7;/h2-5,9H,1H3;. The fourth-order valence-electron chi connectivity index (χ4n) is 0.815. The summed E-state index contributed by atoms with van der Waals surface area (Å²) < 4.78 is 29.0. The molecule has 1 rings (SSSR count). The van der Waals surface area contributed by atoms with E-state index in [0.29, 0.717) is 5.75 Å². The quantitative estimate of drug-likeness (QED) is 0.754. The van der Waals surface area contributed by atoms with Gasteiger partial charge in [-0.05, 0) is 31.3 Å². The number of rotatable bonds is 3. The second-order valence-corrected chi connectivity index (χ2v) is 4.18. The van der Waals surface area contributed by atoms with Crippen molar-refractivity contribution in [2.75, 3.05) is 7.05 Å². The van der Waals surface area contributed by atoms with Gasteiger partial charge in [-0.1, -0.05) is 0 Å². The molecule has 4 nitrogen and oxygen atoms in total. The van der Waals surface area contributed by atoms with E-state index >= 15 is 0 Å². The molecule has 0 aliphatic carbocycles. The van der Waals surface area contributed by atoms with E-state index in [-0.39, 0.29) is 26.0 Å². The van der Waals surface area contributed by atoms with Gasteiger partial charge in [-0.2, -0.15) is 0 Å². The first kappa shape index (κ1) is 13.7. The van der Waals surface area contributed by atoms with Crippen LogP contribution in [0, 0.1) is 0 Å². The van der Waals surface area contributed by atoms with Gasteiger partial charge >= 0.3 is 8.05 Å². The van der Waals surface area contributed by atoms with Gasteiger partial charge < -0.3 is 4.65 Å². The van der Waals surface area contributed by atoms with Gasteiger partial charge in [-0.3, -0.25) is 0 Å². The molecule has 0 bridgehead atoms. The van der Waals surface area contributed by atoms with Crippen molar-refractivity contribution < 1.29 is 34.1 Å². The van der Waals surface area contributed by atoms with Crippen molar-refractivity contribution in [3.8, 4) is 5.75 Å². The summed E-state index contributed by atoms with van der Waals surface area (Å²) in [6.45, 7) is 0. The summed E-state index contributed by atoms with van der Waals surface area (Å²) in [5.74, 6) is 0.412. The summed E-state index contributed by atoms with van der Waals surface area (Å²) in [6.07, 6.45) is 0. The Labute approximate surface area is 98.8 Å². The summed E-state index contributed by atoms with van der Waals surface area (Å²) in [6, 6.07) is 5.77. The fraction of sp³-hybridized carbons (Fsp3) is 0.143. The molecule has 0 aliphatic heterocycles. The number of sulfonamides is 1. The van der Waals surface area contributed by atoms with Gasteiger partial charge in [0.15, 0.2) is 0 Å². The van der Waals surface area contributed by atoms with E-state index in [4.69, 9.17) is 8.05 Å².